The largest absolute Gasteiger partial charge is 0.486 e. The van der Waals surface area contributed by atoms with Gasteiger partial charge >= 0.3 is 5.97 Å². The van der Waals surface area contributed by atoms with Gasteiger partial charge in [0, 0.05) is 11.8 Å². The van der Waals surface area contributed by atoms with E-state index in [9.17, 15) is 18.7 Å². The summed E-state index contributed by atoms with van der Waals surface area (Å²) in [6.45, 7) is 4.28. The van der Waals surface area contributed by atoms with E-state index in [1.807, 2.05) is 11.0 Å². The Bertz CT molecular complexity index is 1470. The molecule has 0 saturated carbocycles. The van der Waals surface area contributed by atoms with Crippen molar-refractivity contribution in [3.63, 3.8) is 0 Å². The number of aromatic carboxylic acids is 1. The summed E-state index contributed by atoms with van der Waals surface area (Å²) < 4.78 is 34.6. The Balaban J connectivity index is 0.00000336. The number of hydrogen-bond acceptors (Lipinski definition) is 3. The lowest BCUT2D eigenvalue weighted by Gasteiger charge is -2.37. The van der Waals surface area contributed by atoms with Gasteiger partial charge in [-0.2, -0.15) is 0 Å². The lowest BCUT2D eigenvalue weighted by molar-refractivity contribution is 0.0691. The van der Waals surface area contributed by atoms with Crippen molar-refractivity contribution in [3.05, 3.63) is 101 Å². The van der Waals surface area contributed by atoms with Crippen molar-refractivity contribution >= 4 is 40.5 Å². The van der Waals surface area contributed by atoms with E-state index < -0.39 is 17.6 Å². The average molecular weight is 538 g/mol. The van der Waals surface area contributed by atoms with Crippen LogP contribution < -0.4 is 9.64 Å². The van der Waals surface area contributed by atoms with Crippen LogP contribution in [-0.2, 0) is 0 Å². The third kappa shape index (κ3) is 5.32. The fourth-order valence-corrected chi connectivity index (χ4v) is 5.41. The molecule has 38 heavy (non-hydrogen) atoms. The highest BCUT2D eigenvalue weighted by molar-refractivity contribution is 5.92. The summed E-state index contributed by atoms with van der Waals surface area (Å²) in [5.41, 5.74) is 2.50. The van der Waals surface area contributed by atoms with E-state index in [4.69, 9.17) is 4.74 Å². The summed E-state index contributed by atoms with van der Waals surface area (Å²) in [5.74, 6) is -1.75. The number of hydrogen-bond donors (Lipinski definition) is 1. The highest BCUT2D eigenvalue weighted by Gasteiger charge is 2.30. The monoisotopic (exact) mass is 537 g/mol. The fourth-order valence-electron chi connectivity index (χ4n) is 5.41. The maximum absolute atomic E-state index is 14.3. The minimum absolute atomic E-state index is 0. The molecule has 0 bridgehead atoms. The van der Waals surface area contributed by atoms with Crippen LogP contribution in [0.4, 0.5) is 20.2 Å². The summed E-state index contributed by atoms with van der Waals surface area (Å²) in [7, 11) is 0. The second-order valence-electron chi connectivity index (χ2n) is 9.73. The number of halogens is 3. The van der Waals surface area contributed by atoms with E-state index >= 15 is 0 Å². The predicted molar refractivity (Wildman–Crippen MR) is 149 cm³/mol. The van der Waals surface area contributed by atoms with Gasteiger partial charge in [0.05, 0.1) is 12.2 Å². The molecule has 1 aliphatic rings. The zero-order valence-corrected chi connectivity index (χ0v) is 22.1. The maximum atomic E-state index is 14.3. The number of carboxylic acids is 1. The summed E-state index contributed by atoms with van der Waals surface area (Å²) >= 11 is 0. The van der Waals surface area contributed by atoms with Crippen LogP contribution in [0.25, 0.3) is 10.8 Å². The van der Waals surface area contributed by atoms with Crippen LogP contribution >= 0.6 is 12.4 Å². The number of benzene rings is 4. The van der Waals surface area contributed by atoms with E-state index in [-0.39, 0.29) is 24.1 Å². The average Bonchev–Trinajstić information content (AvgIpc) is 2.87. The minimum atomic E-state index is -1.32. The van der Waals surface area contributed by atoms with Gasteiger partial charge in [0.25, 0.3) is 0 Å². The molecule has 4 nitrogen and oxygen atoms in total. The molecule has 1 N–H and O–H groups in total. The molecule has 0 amide bonds. The van der Waals surface area contributed by atoms with Gasteiger partial charge in [-0.15, -0.1) is 12.4 Å². The number of rotatable bonds is 7. The molecule has 7 heteroatoms. The van der Waals surface area contributed by atoms with Crippen molar-refractivity contribution in [1.82, 2.24) is 0 Å². The molecule has 0 spiro atoms. The van der Waals surface area contributed by atoms with Crippen LogP contribution in [-0.4, -0.2) is 23.7 Å². The summed E-state index contributed by atoms with van der Waals surface area (Å²) in [5, 5.41) is 12.0. The Morgan fingerprint density at radius 3 is 2.58 bits per heavy atom. The van der Waals surface area contributed by atoms with Gasteiger partial charge in [0.2, 0.25) is 0 Å². The first kappa shape index (κ1) is 27.4. The molecule has 0 aromatic heterocycles. The standard InChI is InChI=1S/C31H29F2NO3.ClH/c1-19(24-12-6-9-21-8-3-4-11-25(21)24)7-5-10-23-18-34(28-15-13-22(32)17-29(28)37-23)27-16-14-26(33)30(20(27)2)31(35)36;/h3-4,6,8-9,11-17,19,23H,5,7,10,18H2,1-2H3,(H,35,36);1H/t19-,23?;/m0./s1. The van der Waals surface area contributed by atoms with Crippen molar-refractivity contribution < 1.29 is 23.4 Å². The van der Waals surface area contributed by atoms with E-state index in [1.165, 1.54) is 34.5 Å². The minimum Gasteiger partial charge on any atom is -0.486 e. The highest BCUT2D eigenvalue weighted by Crippen LogP contribution is 2.41. The lowest BCUT2D eigenvalue weighted by atomic mass is 9.90. The number of carboxylic acid groups (broad SMARTS) is 1. The summed E-state index contributed by atoms with van der Waals surface area (Å²) in [6.07, 6.45) is 2.37. The molecule has 0 aliphatic carbocycles. The molecule has 0 fully saturated rings. The van der Waals surface area contributed by atoms with Gasteiger partial charge in [-0.05, 0) is 78.3 Å². The Morgan fingerprint density at radius 2 is 1.79 bits per heavy atom. The Kier molecular flexibility index (Phi) is 8.22. The Labute approximate surface area is 227 Å². The molecule has 1 unspecified atom stereocenters. The number of carbonyl (C=O) groups is 1. The van der Waals surface area contributed by atoms with E-state index in [0.29, 0.717) is 35.2 Å². The predicted octanol–water partition coefficient (Wildman–Crippen LogP) is 8.42. The zero-order valence-electron chi connectivity index (χ0n) is 21.3. The van der Waals surface area contributed by atoms with Crippen molar-refractivity contribution in [3.8, 4) is 5.75 Å². The molecule has 5 rings (SSSR count). The van der Waals surface area contributed by atoms with Gasteiger partial charge in [-0.1, -0.05) is 49.4 Å². The van der Waals surface area contributed by atoms with Gasteiger partial charge in [-0.3, -0.25) is 0 Å². The Hall–Kier alpha value is -3.64. The van der Waals surface area contributed by atoms with Crippen molar-refractivity contribution in [1.29, 1.82) is 0 Å². The smallest absolute Gasteiger partial charge is 0.339 e. The molecule has 198 valence electrons. The molecule has 1 heterocycles. The van der Waals surface area contributed by atoms with E-state index in [2.05, 4.69) is 43.3 Å². The molecule has 1 aliphatic heterocycles. The number of anilines is 2. The molecule has 0 saturated heterocycles. The highest BCUT2D eigenvalue weighted by atomic mass is 35.5. The van der Waals surface area contributed by atoms with Gasteiger partial charge < -0.3 is 14.7 Å². The van der Waals surface area contributed by atoms with E-state index in [0.717, 1.165) is 19.3 Å². The maximum Gasteiger partial charge on any atom is 0.339 e. The number of nitrogens with zero attached hydrogens (tertiary/aromatic N) is 1. The van der Waals surface area contributed by atoms with Crippen molar-refractivity contribution in [2.45, 2.75) is 45.1 Å². The first-order valence-electron chi connectivity index (χ1n) is 12.6. The van der Waals surface area contributed by atoms with Crippen LogP contribution in [0.15, 0.2) is 72.8 Å². The number of fused-ring (bicyclic) bond motifs is 2. The second-order valence-corrected chi connectivity index (χ2v) is 9.73. The van der Waals surface area contributed by atoms with E-state index in [1.54, 1.807) is 19.1 Å². The third-order valence-corrected chi connectivity index (χ3v) is 7.30. The molecule has 0 radical (unpaired) electrons. The molecular weight excluding hydrogens is 508 g/mol. The second kappa shape index (κ2) is 11.4. The van der Waals surface area contributed by atoms with Crippen LogP contribution in [0.2, 0.25) is 0 Å². The summed E-state index contributed by atoms with van der Waals surface area (Å²) in [6, 6.07) is 21.9. The van der Waals surface area contributed by atoms with Crippen molar-refractivity contribution in [2.75, 3.05) is 11.4 Å². The quantitative estimate of drug-likeness (QED) is 0.257. The zero-order chi connectivity index (χ0) is 26.1. The number of ether oxygens (including phenoxy) is 1. The molecule has 4 aromatic rings. The first-order valence-corrected chi connectivity index (χ1v) is 12.6. The van der Waals surface area contributed by atoms with Crippen molar-refractivity contribution in [2.24, 2.45) is 0 Å². The molecular formula is C31H30ClF2NO3. The van der Waals surface area contributed by atoms with Gasteiger partial charge in [-0.25, -0.2) is 13.6 Å². The Morgan fingerprint density at radius 1 is 1.05 bits per heavy atom. The van der Waals surface area contributed by atoms with Crippen LogP contribution in [0.1, 0.15) is 53.6 Å². The van der Waals surface area contributed by atoms with Gasteiger partial charge in [0.15, 0.2) is 0 Å². The summed E-state index contributed by atoms with van der Waals surface area (Å²) in [4.78, 5) is 13.6. The molecule has 4 aromatic carbocycles. The molecule has 2 atom stereocenters. The van der Waals surface area contributed by atoms with Crippen LogP contribution in [0, 0.1) is 18.6 Å². The van der Waals surface area contributed by atoms with Crippen LogP contribution in [0.3, 0.4) is 0 Å². The van der Waals surface area contributed by atoms with Gasteiger partial charge in [0.1, 0.15) is 29.1 Å². The third-order valence-electron chi connectivity index (χ3n) is 7.30. The lowest BCUT2D eigenvalue weighted by Crippen LogP contribution is -2.38. The topological polar surface area (TPSA) is 49.8 Å². The van der Waals surface area contributed by atoms with Crippen LogP contribution in [0.5, 0.6) is 5.75 Å². The SMILES string of the molecule is Cc1c(N2CC(CCC[C@H](C)c3cccc4ccccc34)Oc3cc(F)ccc32)ccc(F)c1C(=O)O.Cl. The fraction of sp³-hybridized carbons (Fsp3) is 0.258. The normalized spacial score (nSPS) is 15.4. The first-order chi connectivity index (χ1) is 17.8.